The van der Waals surface area contributed by atoms with Crippen LogP contribution in [0.4, 0.5) is 4.39 Å². The first-order valence-electron chi connectivity index (χ1n) is 10.3. The summed E-state index contributed by atoms with van der Waals surface area (Å²) in [7, 11) is 0. The van der Waals surface area contributed by atoms with Crippen LogP contribution in [0.15, 0.2) is 77.3 Å². The summed E-state index contributed by atoms with van der Waals surface area (Å²) in [5, 5.41) is 4.07. The summed E-state index contributed by atoms with van der Waals surface area (Å²) < 4.78 is 28.0. The van der Waals surface area contributed by atoms with E-state index in [2.05, 4.69) is 21.2 Å². The number of ether oxygens (including phenoxy) is 2. The summed E-state index contributed by atoms with van der Waals surface area (Å²) in [5.74, 6) is -0.291. The molecule has 1 saturated heterocycles. The number of hydrogen-bond donors (Lipinski definition) is 1. The molecule has 1 fully saturated rings. The molecule has 1 N–H and O–H groups in total. The van der Waals surface area contributed by atoms with Gasteiger partial charge in [0.15, 0.2) is 0 Å². The molecule has 3 aromatic carbocycles. The van der Waals surface area contributed by atoms with Gasteiger partial charge in [0.05, 0.1) is 13.2 Å². The van der Waals surface area contributed by atoms with Crippen molar-refractivity contribution in [3.05, 3.63) is 105 Å². The van der Waals surface area contributed by atoms with E-state index in [-0.39, 0.29) is 18.5 Å². The van der Waals surface area contributed by atoms with E-state index in [0.29, 0.717) is 28.2 Å². The minimum atomic E-state index is -0.669. The Hall–Kier alpha value is -1.76. The van der Waals surface area contributed by atoms with Gasteiger partial charge in [0.2, 0.25) is 0 Å². The molecule has 1 heterocycles. The Morgan fingerprint density at radius 1 is 1.03 bits per heavy atom. The molecule has 0 unspecified atom stereocenters. The minimum absolute atomic E-state index is 0.162. The second-order valence-electron chi connectivity index (χ2n) is 7.66. The van der Waals surface area contributed by atoms with E-state index >= 15 is 0 Å². The maximum Gasteiger partial charge on any atom is 0.129 e. The number of halogens is 3. The van der Waals surface area contributed by atoms with E-state index in [1.165, 1.54) is 6.07 Å². The van der Waals surface area contributed by atoms with Crippen LogP contribution in [0.25, 0.3) is 0 Å². The highest BCUT2D eigenvalue weighted by atomic mass is 79.9. The fraction of sp³-hybridized carbons (Fsp3) is 0.280. The van der Waals surface area contributed by atoms with Crippen LogP contribution in [-0.4, -0.2) is 19.2 Å². The zero-order valence-electron chi connectivity index (χ0n) is 17.0. The van der Waals surface area contributed by atoms with Gasteiger partial charge in [0, 0.05) is 21.6 Å². The molecule has 3 nitrogen and oxygen atoms in total. The summed E-state index contributed by atoms with van der Waals surface area (Å²) in [6, 6.07) is 22.8. The van der Waals surface area contributed by atoms with Crippen molar-refractivity contribution in [3.63, 3.8) is 0 Å². The third-order valence-electron chi connectivity index (χ3n) is 5.65. The molecule has 0 aromatic heterocycles. The summed E-state index contributed by atoms with van der Waals surface area (Å²) in [6.07, 6.45) is 0.434. The van der Waals surface area contributed by atoms with Gasteiger partial charge in [-0.3, -0.25) is 0 Å². The highest BCUT2D eigenvalue weighted by Crippen LogP contribution is 2.38. The van der Waals surface area contributed by atoms with Crippen LogP contribution in [0.3, 0.4) is 0 Å². The molecule has 3 aromatic rings. The summed E-state index contributed by atoms with van der Waals surface area (Å²) >= 11 is 9.45. The Kier molecular flexibility index (Phi) is 7.41. The largest absolute Gasteiger partial charge is 0.369 e. The standard InChI is InChI=1S/C25H24BrClFNO2/c26-21-9-6-19(23(28)14-21)17-30-24-15-29-13-12-25(24,20-7-10-22(27)11-8-20)31-16-18-4-2-1-3-5-18/h1-11,14,24,29H,12-13,15-17H2/t24-,25+/m0/s1. The first-order chi connectivity index (χ1) is 15.1. The maximum atomic E-state index is 14.4. The fourth-order valence-corrected chi connectivity index (χ4v) is 4.41. The van der Waals surface area contributed by atoms with E-state index < -0.39 is 5.60 Å². The van der Waals surface area contributed by atoms with Gasteiger partial charge in [-0.25, -0.2) is 4.39 Å². The number of nitrogens with one attached hydrogen (secondary N) is 1. The Balaban J connectivity index is 1.61. The van der Waals surface area contributed by atoms with Crippen LogP contribution < -0.4 is 5.32 Å². The summed E-state index contributed by atoms with van der Waals surface area (Å²) in [5.41, 5.74) is 1.95. The highest BCUT2D eigenvalue weighted by Gasteiger charge is 2.44. The highest BCUT2D eigenvalue weighted by molar-refractivity contribution is 9.10. The summed E-state index contributed by atoms with van der Waals surface area (Å²) in [6.45, 7) is 2.02. The van der Waals surface area contributed by atoms with E-state index in [1.807, 2.05) is 60.7 Å². The zero-order valence-corrected chi connectivity index (χ0v) is 19.3. The monoisotopic (exact) mass is 503 g/mol. The minimum Gasteiger partial charge on any atom is -0.369 e. The smallest absolute Gasteiger partial charge is 0.129 e. The normalized spacial score (nSPS) is 21.2. The van der Waals surface area contributed by atoms with Gasteiger partial charge in [-0.2, -0.15) is 0 Å². The van der Waals surface area contributed by atoms with Crippen LogP contribution >= 0.6 is 27.5 Å². The molecule has 2 atom stereocenters. The average molecular weight is 505 g/mol. The number of hydrogen-bond acceptors (Lipinski definition) is 3. The Labute approximate surface area is 195 Å². The van der Waals surface area contributed by atoms with Crippen molar-refractivity contribution < 1.29 is 13.9 Å². The zero-order chi connectivity index (χ0) is 21.7. The van der Waals surface area contributed by atoms with Gasteiger partial charge in [0.1, 0.15) is 17.5 Å². The average Bonchev–Trinajstić information content (AvgIpc) is 2.79. The van der Waals surface area contributed by atoms with Crippen molar-refractivity contribution in [1.29, 1.82) is 0 Å². The lowest BCUT2D eigenvalue weighted by Gasteiger charge is -2.44. The van der Waals surface area contributed by atoms with E-state index in [0.717, 1.165) is 24.1 Å². The van der Waals surface area contributed by atoms with E-state index in [1.54, 1.807) is 6.07 Å². The van der Waals surface area contributed by atoms with Crippen LogP contribution in [0.2, 0.25) is 5.02 Å². The molecule has 162 valence electrons. The number of rotatable bonds is 7. The molecule has 31 heavy (non-hydrogen) atoms. The van der Waals surface area contributed by atoms with Gasteiger partial charge < -0.3 is 14.8 Å². The quantitative estimate of drug-likeness (QED) is 0.414. The van der Waals surface area contributed by atoms with Gasteiger partial charge in [0.25, 0.3) is 0 Å². The van der Waals surface area contributed by atoms with Crippen molar-refractivity contribution >= 4 is 27.5 Å². The molecule has 1 aliphatic heterocycles. The van der Waals surface area contributed by atoms with E-state index in [4.69, 9.17) is 21.1 Å². The third kappa shape index (κ3) is 5.36. The van der Waals surface area contributed by atoms with Gasteiger partial charge >= 0.3 is 0 Å². The Morgan fingerprint density at radius 2 is 1.81 bits per heavy atom. The van der Waals surface area contributed by atoms with Crippen LogP contribution in [0, 0.1) is 5.82 Å². The maximum absolute atomic E-state index is 14.4. The molecular weight excluding hydrogens is 481 g/mol. The van der Waals surface area contributed by atoms with Gasteiger partial charge in [-0.15, -0.1) is 0 Å². The lowest BCUT2D eigenvalue weighted by Crippen LogP contribution is -2.54. The molecule has 0 spiro atoms. The SMILES string of the molecule is Fc1cc(Br)ccc1CO[C@H]1CNCC[C@@]1(OCc1ccccc1)c1ccc(Cl)cc1. The van der Waals surface area contributed by atoms with Crippen molar-refractivity contribution in [2.24, 2.45) is 0 Å². The molecule has 0 radical (unpaired) electrons. The van der Waals surface area contributed by atoms with Crippen molar-refractivity contribution in [2.45, 2.75) is 31.3 Å². The van der Waals surface area contributed by atoms with E-state index in [9.17, 15) is 4.39 Å². The predicted octanol–water partition coefficient (Wildman–Crippen LogP) is 6.23. The van der Waals surface area contributed by atoms with Crippen molar-refractivity contribution in [2.75, 3.05) is 13.1 Å². The van der Waals surface area contributed by atoms with Crippen molar-refractivity contribution in [1.82, 2.24) is 5.32 Å². The first kappa shape index (κ1) is 22.4. The first-order valence-corrected chi connectivity index (χ1v) is 11.4. The van der Waals surface area contributed by atoms with Crippen LogP contribution in [0.1, 0.15) is 23.1 Å². The second-order valence-corrected chi connectivity index (χ2v) is 9.01. The summed E-state index contributed by atoms with van der Waals surface area (Å²) in [4.78, 5) is 0. The molecule has 0 amide bonds. The lowest BCUT2D eigenvalue weighted by molar-refractivity contribution is -0.176. The van der Waals surface area contributed by atoms with Crippen molar-refractivity contribution in [3.8, 4) is 0 Å². The molecule has 6 heteroatoms. The van der Waals surface area contributed by atoms with Crippen LogP contribution in [-0.2, 0) is 28.3 Å². The molecule has 0 saturated carbocycles. The molecule has 4 rings (SSSR count). The van der Waals surface area contributed by atoms with Gasteiger partial charge in [-0.1, -0.05) is 76.1 Å². The molecule has 1 aliphatic rings. The molecule has 0 aliphatic carbocycles. The number of benzene rings is 3. The topological polar surface area (TPSA) is 30.5 Å². The van der Waals surface area contributed by atoms with Crippen LogP contribution in [0.5, 0.6) is 0 Å². The lowest BCUT2D eigenvalue weighted by atomic mass is 9.82. The third-order valence-corrected chi connectivity index (χ3v) is 6.40. The number of piperidine rings is 1. The predicted molar refractivity (Wildman–Crippen MR) is 125 cm³/mol. The molecule has 0 bridgehead atoms. The second kappa shape index (κ2) is 10.2. The Bertz CT molecular complexity index is 1000. The fourth-order valence-electron chi connectivity index (χ4n) is 3.95. The van der Waals surface area contributed by atoms with Gasteiger partial charge in [-0.05, 0) is 48.4 Å². The molecular formula is C25H24BrClFNO2. The Morgan fingerprint density at radius 3 is 2.55 bits per heavy atom.